The van der Waals surface area contributed by atoms with E-state index in [9.17, 15) is 10.1 Å². The second-order valence-corrected chi connectivity index (χ2v) is 5.47. The molecule has 0 aliphatic heterocycles. The minimum atomic E-state index is -0.573. The maximum absolute atomic E-state index is 11.0. The Morgan fingerprint density at radius 3 is 2.67 bits per heavy atom. The number of aromatic nitrogens is 4. The lowest BCUT2D eigenvalue weighted by molar-refractivity contribution is -0.705. The highest BCUT2D eigenvalue weighted by Gasteiger charge is 2.32. The molecule has 1 heterocycles. The summed E-state index contributed by atoms with van der Waals surface area (Å²) in [6.45, 7) is 0. The summed E-state index contributed by atoms with van der Waals surface area (Å²) in [4.78, 5) is 10.5. The van der Waals surface area contributed by atoms with Gasteiger partial charge in [0.15, 0.2) is 5.69 Å². The first-order chi connectivity index (χ1) is 10.2. The number of hydrogen-bond acceptors (Lipinski definition) is 4. The first-order valence-corrected chi connectivity index (χ1v) is 7.07. The SMILES string of the molecule is O=[N+]([O-])c1nn[nH][n+]1-c1ccc(I)cc1-c1ccccc1. The molecule has 0 unspecified atom stereocenters. The average molecular weight is 394 g/mol. The Morgan fingerprint density at radius 1 is 1.19 bits per heavy atom. The molecular formula is C13H9IN5O2+. The van der Waals surface area contributed by atoms with Crippen LogP contribution >= 0.6 is 22.6 Å². The van der Waals surface area contributed by atoms with Crippen LogP contribution in [-0.4, -0.2) is 20.4 Å². The Bertz CT molecular complexity index is 803. The summed E-state index contributed by atoms with van der Waals surface area (Å²) >= 11 is 2.20. The summed E-state index contributed by atoms with van der Waals surface area (Å²) in [6.07, 6.45) is 0. The van der Waals surface area contributed by atoms with E-state index in [1.165, 1.54) is 4.68 Å². The summed E-state index contributed by atoms with van der Waals surface area (Å²) in [5, 5.41) is 20.6. The van der Waals surface area contributed by atoms with Crippen molar-refractivity contribution >= 4 is 28.5 Å². The van der Waals surface area contributed by atoms with Gasteiger partial charge in [-0.15, -0.1) is 0 Å². The van der Waals surface area contributed by atoms with E-state index in [-0.39, 0.29) is 5.95 Å². The normalized spacial score (nSPS) is 10.5. The average Bonchev–Trinajstić information content (AvgIpc) is 2.97. The van der Waals surface area contributed by atoms with Gasteiger partial charge in [0, 0.05) is 9.13 Å². The third kappa shape index (κ3) is 2.61. The van der Waals surface area contributed by atoms with Gasteiger partial charge in [-0.3, -0.25) is 0 Å². The number of benzene rings is 2. The van der Waals surface area contributed by atoms with Crippen LogP contribution in [0.15, 0.2) is 48.5 Å². The van der Waals surface area contributed by atoms with E-state index in [1.807, 2.05) is 42.5 Å². The predicted octanol–water partition coefficient (Wildman–Crippen LogP) is 2.26. The number of nitrogens with one attached hydrogen (secondary N) is 1. The molecule has 1 N–H and O–H groups in total. The quantitative estimate of drug-likeness (QED) is 0.320. The number of hydrogen-bond donors (Lipinski definition) is 1. The second kappa shape index (κ2) is 5.56. The van der Waals surface area contributed by atoms with Gasteiger partial charge in [-0.25, -0.2) is 0 Å². The molecule has 104 valence electrons. The van der Waals surface area contributed by atoms with Crippen LogP contribution in [-0.2, 0) is 0 Å². The zero-order valence-corrected chi connectivity index (χ0v) is 12.8. The zero-order chi connectivity index (χ0) is 14.8. The van der Waals surface area contributed by atoms with Gasteiger partial charge in [-0.05, 0) is 51.0 Å². The van der Waals surface area contributed by atoms with E-state index < -0.39 is 4.92 Å². The molecule has 0 bridgehead atoms. The van der Waals surface area contributed by atoms with Gasteiger partial charge in [0.1, 0.15) is 5.21 Å². The summed E-state index contributed by atoms with van der Waals surface area (Å²) in [5.41, 5.74) is 2.45. The molecule has 1 aromatic heterocycles. The highest BCUT2D eigenvalue weighted by molar-refractivity contribution is 14.1. The topological polar surface area (TPSA) is 88.6 Å². The minimum Gasteiger partial charge on any atom is -0.320 e. The molecule has 0 aliphatic rings. The van der Waals surface area contributed by atoms with Crippen molar-refractivity contribution in [1.82, 2.24) is 15.5 Å². The van der Waals surface area contributed by atoms with E-state index in [1.54, 1.807) is 6.07 Å². The number of tetrazole rings is 1. The number of halogens is 1. The molecular weight excluding hydrogens is 385 g/mol. The first kappa shape index (κ1) is 13.6. The molecule has 0 amide bonds. The maximum Gasteiger partial charge on any atom is 0.683 e. The van der Waals surface area contributed by atoms with E-state index in [4.69, 9.17) is 0 Å². The number of aromatic amines is 1. The highest BCUT2D eigenvalue weighted by Crippen LogP contribution is 2.26. The Morgan fingerprint density at radius 2 is 1.95 bits per heavy atom. The molecule has 0 radical (unpaired) electrons. The van der Waals surface area contributed by atoms with Crippen molar-refractivity contribution in [2.24, 2.45) is 0 Å². The van der Waals surface area contributed by atoms with E-state index in [0.717, 1.165) is 14.7 Å². The van der Waals surface area contributed by atoms with E-state index >= 15 is 0 Å². The highest BCUT2D eigenvalue weighted by atomic mass is 127. The van der Waals surface area contributed by atoms with Crippen LogP contribution < -0.4 is 4.68 Å². The molecule has 2 aromatic carbocycles. The Labute approximate surface area is 132 Å². The van der Waals surface area contributed by atoms with Gasteiger partial charge in [-0.2, -0.15) is 0 Å². The Kier molecular flexibility index (Phi) is 3.60. The molecule has 7 nitrogen and oxygen atoms in total. The smallest absolute Gasteiger partial charge is 0.320 e. The predicted molar refractivity (Wildman–Crippen MR) is 82.7 cm³/mol. The molecule has 8 heteroatoms. The fourth-order valence-corrected chi connectivity index (χ4v) is 2.52. The van der Waals surface area contributed by atoms with E-state index in [2.05, 4.69) is 38.1 Å². The largest absolute Gasteiger partial charge is 0.683 e. The second-order valence-electron chi connectivity index (χ2n) is 4.22. The molecule has 0 spiro atoms. The van der Waals surface area contributed by atoms with Crippen LogP contribution in [0.3, 0.4) is 0 Å². The summed E-state index contributed by atoms with van der Waals surface area (Å²) in [6, 6.07) is 15.3. The lowest BCUT2D eigenvalue weighted by Gasteiger charge is -2.05. The van der Waals surface area contributed by atoms with E-state index in [0.29, 0.717) is 5.69 Å². The van der Waals surface area contributed by atoms with Crippen LogP contribution in [0.1, 0.15) is 0 Å². The van der Waals surface area contributed by atoms with Crippen molar-refractivity contribution in [2.45, 2.75) is 0 Å². The molecule has 0 aliphatic carbocycles. The molecule has 0 saturated carbocycles. The third-order valence-corrected chi connectivity index (χ3v) is 3.60. The van der Waals surface area contributed by atoms with Gasteiger partial charge in [-0.1, -0.05) is 35.5 Å². The van der Waals surface area contributed by atoms with Gasteiger partial charge >= 0.3 is 5.95 Å². The number of H-pyrrole nitrogens is 1. The van der Waals surface area contributed by atoms with Gasteiger partial charge in [0.25, 0.3) is 0 Å². The van der Waals surface area contributed by atoms with Gasteiger partial charge in [0.05, 0.1) is 4.92 Å². The number of rotatable bonds is 3. The van der Waals surface area contributed by atoms with Gasteiger partial charge < -0.3 is 10.1 Å². The summed E-state index contributed by atoms with van der Waals surface area (Å²) in [7, 11) is 0. The third-order valence-electron chi connectivity index (χ3n) is 2.93. The summed E-state index contributed by atoms with van der Waals surface area (Å²) in [5.74, 6) is -0.353. The lowest BCUT2D eigenvalue weighted by atomic mass is 10.0. The van der Waals surface area contributed by atoms with Crippen molar-refractivity contribution in [3.8, 4) is 16.8 Å². The van der Waals surface area contributed by atoms with Crippen LogP contribution in [0.25, 0.3) is 16.8 Å². The maximum atomic E-state index is 11.0. The van der Waals surface area contributed by atoms with Crippen molar-refractivity contribution < 1.29 is 9.61 Å². The summed E-state index contributed by atoms with van der Waals surface area (Å²) < 4.78 is 2.30. The first-order valence-electron chi connectivity index (χ1n) is 5.99. The fraction of sp³-hybridized carbons (Fsp3) is 0. The molecule has 3 rings (SSSR count). The zero-order valence-electron chi connectivity index (χ0n) is 10.6. The monoisotopic (exact) mass is 394 g/mol. The Balaban J connectivity index is 2.24. The van der Waals surface area contributed by atoms with Crippen LogP contribution in [0.4, 0.5) is 5.95 Å². The molecule has 3 aromatic rings. The molecule has 0 fully saturated rings. The van der Waals surface area contributed by atoms with Crippen LogP contribution in [0.2, 0.25) is 0 Å². The molecule has 21 heavy (non-hydrogen) atoms. The standard InChI is InChI=1S/C13H8IN5O2/c14-10-6-7-12(18-13(19(20)21)15-16-17-18)11(8-10)9-4-2-1-3-5-9/h1-8H/p+1. The Hall–Kier alpha value is -2.36. The van der Waals surface area contributed by atoms with Crippen molar-refractivity contribution in [3.05, 3.63) is 62.2 Å². The van der Waals surface area contributed by atoms with Crippen molar-refractivity contribution in [1.29, 1.82) is 0 Å². The number of nitro groups is 1. The lowest BCUT2D eigenvalue weighted by Crippen LogP contribution is -2.36. The molecule has 0 atom stereocenters. The minimum absolute atomic E-state index is 0.353. The van der Waals surface area contributed by atoms with Crippen molar-refractivity contribution in [2.75, 3.05) is 0 Å². The van der Waals surface area contributed by atoms with Crippen LogP contribution in [0.5, 0.6) is 0 Å². The number of nitrogens with zero attached hydrogens (tertiary/aromatic N) is 4. The molecule has 0 saturated heterocycles. The van der Waals surface area contributed by atoms with Gasteiger partial charge in [0.2, 0.25) is 5.10 Å². The van der Waals surface area contributed by atoms with Crippen LogP contribution in [0, 0.1) is 13.7 Å². The fourth-order valence-electron chi connectivity index (χ4n) is 2.03. The van der Waals surface area contributed by atoms with Crippen molar-refractivity contribution in [3.63, 3.8) is 0 Å².